The molecule has 1 fully saturated rings. The summed E-state index contributed by atoms with van der Waals surface area (Å²) in [6.07, 6.45) is 3.12. The van der Waals surface area contributed by atoms with E-state index in [1.807, 2.05) is 70.4 Å². The summed E-state index contributed by atoms with van der Waals surface area (Å²) in [5.41, 5.74) is 9.59. The van der Waals surface area contributed by atoms with Gasteiger partial charge < -0.3 is 15.4 Å². The minimum Gasteiger partial charge on any atom is -0.497 e. The highest BCUT2D eigenvalue weighted by molar-refractivity contribution is 5.81. The van der Waals surface area contributed by atoms with Gasteiger partial charge in [0.25, 0.3) is 0 Å². The highest BCUT2D eigenvalue weighted by Gasteiger charge is 2.25. The van der Waals surface area contributed by atoms with Gasteiger partial charge in [-0.2, -0.15) is 5.10 Å². The molecule has 1 atom stereocenters. The third-order valence-corrected chi connectivity index (χ3v) is 5.09. The molecule has 144 valence electrons. The van der Waals surface area contributed by atoms with E-state index >= 15 is 0 Å². The van der Waals surface area contributed by atoms with Gasteiger partial charge in [-0.15, -0.1) is 0 Å². The van der Waals surface area contributed by atoms with Gasteiger partial charge in [0.15, 0.2) is 0 Å². The molecule has 1 unspecified atom stereocenters. The van der Waals surface area contributed by atoms with Gasteiger partial charge in [0.05, 0.1) is 24.9 Å². The zero-order valence-corrected chi connectivity index (χ0v) is 15.9. The number of likely N-dealkylation sites (tertiary alicyclic amines) is 1. The number of carbonyl (C=O) groups is 1. The van der Waals surface area contributed by atoms with E-state index < -0.39 is 0 Å². The maximum atomic E-state index is 12.8. The van der Waals surface area contributed by atoms with Crippen molar-refractivity contribution < 1.29 is 9.53 Å². The van der Waals surface area contributed by atoms with E-state index in [0.29, 0.717) is 13.0 Å². The van der Waals surface area contributed by atoms with Crippen LogP contribution < -0.4 is 10.5 Å². The number of aromatic nitrogens is 2. The molecule has 1 aromatic heterocycles. The van der Waals surface area contributed by atoms with Crippen LogP contribution in [-0.2, 0) is 11.2 Å². The SMILES string of the molecule is COc1ccc(-c2nn(-c3ccccc3)cc2CC(=O)N2CCC(N)C2)cc1. The third-order valence-electron chi connectivity index (χ3n) is 5.09. The zero-order valence-electron chi connectivity index (χ0n) is 15.9. The Morgan fingerprint density at radius 2 is 1.93 bits per heavy atom. The molecule has 1 saturated heterocycles. The van der Waals surface area contributed by atoms with Crippen LogP contribution in [0.4, 0.5) is 0 Å². The Labute approximate surface area is 164 Å². The van der Waals surface area contributed by atoms with Gasteiger partial charge in [-0.05, 0) is 42.8 Å². The van der Waals surface area contributed by atoms with Crippen LogP contribution in [-0.4, -0.2) is 46.8 Å². The van der Waals surface area contributed by atoms with Crippen LogP contribution in [0.3, 0.4) is 0 Å². The van der Waals surface area contributed by atoms with Crippen LogP contribution in [0.15, 0.2) is 60.8 Å². The van der Waals surface area contributed by atoms with E-state index in [0.717, 1.165) is 41.2 Å². The molecule has 3 aromatic rings. The third kappa shape index (κ3) is 3.77. The van der Waals surface area contributed by atoms with Crippen LogP contribution in [0.2, 0.25) is 0 Å². The fourth-order valence-electron chi connectivity index (χ4n) is 3.53. The van der Waals surface area contributed by atoms with E-state index in [9.17, 15) is 4.79 Å². The first kappa shape index (κ1) is 18.3. The Balaban J connectivity index is 1.68. The summed E-state index contributed by atoms with van der Waals surface area (Å²) >= 11 is 0. The zero-order chi connectivity index (χ0) is 19.5. The smallest absolute Gasteiger partial charge is 0.227 e. The Bertz CT molecular complexity index is 950. The normalized spacial score (nSPS) is 16.4. The van der Waals surface area contributed by atoms with Crippen LogP contribution in [0.1, 0.15) is 12.0 Å². The van der Waals surface area contributed by atoms with Crippen LogP contribution in [0, 0.1) is 0 Å². The number of methoxy groups -OCH3 is 1. The molecule has 0 saturated carbocycles. The lowest BCUT2D eigenvalue weighted by molar-refractivity contribution is -0.129. The quantitative estimate of drug-likeness (QED) is 0.743. The number of rotatable bonds is 5. The van der Waals surface area contributed by atoms with Gasteiger partial charge in [0, 0.05) is 36.5 Å². The molecule has 6 heteroatoms. The highest BCUT2D eigenvalue weighted by atomic mass is 16.5. The van der Waals surface area contributed by atoms with Gasteiger partial charge in [0.2, 0.25) is 5.91 Å². The molecule has 0 spiro atoms. The second-order valence-electron chi connectivity index (χ2n) is 7.08. The Morgan fingerprint density at radius 1 is 1.18 bits per heavy atom. The fraction of sp³-hybridized carbons (Fsp3) is 0.273. The topological polar surface area (TPSA) is 73.4 Å². The summed E-state index contributed by atoms with van der Waals surface area (Å²) in [6.45, 7) is 1.36. The molecule has 1 aliphatic heterocycles. The van der Waals surface area contributed by atoms with E-state index in [4.69, 9.17) is 15.6 Å². The van der Waals surface area contributed by atoms with Gasteiger partial charge in [-0.1, -0.05) is 18.2 Å². The fourth-order valence-corrected chi connectivity index (χ4v) is 3.53. The summed E-state index contributed by atoms with van der Waals surface area (Å²) in [6, 6.07) is 17.7. The average Bonchev–Trinajstić information content (AvgIpc) is 3.35. The van der Waals surface area contributed by atoms with Gasteiger partial charge in [-0.25, -0.2) is 4.68 Å². The minimum absolute atomic E-state index is 0.0806. The minimum atomic E-state index is 0.0806. The van der Waals surface area contributed by atoms with Crippen molar-refractivity contribution in [2.45, 2.75) is 18.9 Å². The number of ether oxygens (including phenoxy) is 1. The molecular weight excluding hydrogens is 352 g/mol. The molecular formula is C22H24N4O2. The first-order valence-corrected chi connectivity index (χ1v) is 9.46. The van der Waals surface area contributed by atoms with Gasteiger partial charge in [0.1, 0.15) is 5.75 Å². The second-order valence-corrected chi connectivity index (χ2v) is 7.08. The molecule has 1 aliphatic rings. The van der Waals surface area contributed by atoms with E-state index in [-0.39, 0.29) is 11.9 Å². The molecule has 2 heterocycles. The molecule has 6 nitrogen and oxygen atoms in total. The summed E-state index contributed by atoms with van der Waals surface area (Å²) < 4.78 is 7.08. The lowest BCUT2D eigenvalue weighted by Gasteiger charge is -2.15. The molecule has 1 amide bonds. The number of para-hydroxylation sites is 1. The van der Waals surface area contributed by atoms with Gasteiger partial charge >= 0.3 is 0 Å². The number of hydrogen-bond acceptors (Lipinski definition) is 4. The predicted molar refractivity (Wildman–Crippen MR) is 108 cm³/mol. The number of benzene rings is 2. The standard InChI is InChI=1S/C22H24N4O2/c1-28-20-9-7-16(8-10-20)22-17(13-21(27)25-12-11-18(23)15-25)14-26(24-22)19-5-3-2-4-6-19/h2-10,14,18H,11-13,15,23H2,1H3. The van der Waals surface area contributed by atoms with Crippen LogP contribution in [0.5, 0.6) is 5.75 Å². The van der Waals surface area contributed by atoms with Crippen molar-refractivity contribution in [3.63, 3.8) is 0 Å². The number of nitrogens with zero attached hydrogens (tertiary/aromatic N) is 3. The van der Waals surface area contributed by atoms with Crippen molar-refractivity contribution in [1.29, 1.82) is 0 Å². The van der Waals surface area contributed by atoms with Gasteiger partial charge in [-0.3, -0.25) is 4.79 Å². The molecule has 0 aliphatic carbocycles. The molecule has 0 bridgehead atoms. The van der Waals surface area contributed by atoms with E-state index in [1.165, 1.54) is 0 Å². The number of amides is 1. The second kappa shape index (κ2) is 7.86. The molecule has 2 aromatic carbocycles. The van der Waals surface area contributed by atoms with Crippen molar-refractivity contribution in [1.82, 2.24) is 14.7 Å². The monoisotopic (exact) mass is 376 g/mol. The first-order valence-electron chi connectivity index (χ1n) is 9.46. The lowest BCUT2D eigenvalue weighted by atomic mass is 10.1. The van der Waals surface area contributed by atoms with Crippen molar-refractivity contribution >= 4 is 5.91 Å². The van der Waals surface area contributed by atoms with E-state index in [1.54, 1.807) is 7.11 Å². The summed E-state index contributed by atoms with van der Waals surface area (Å²) in [7, 11) is 1.64. The lowest BCUT2D eigenvalue weighted by Crippen LogP contribution is -2.32. The maximum Gasteiger partial charge on any atom is 0.227 e. The summed E-state index contributed by atoms with van der Waals surface area (Å²) in [5.74, 6) is 0.880. The average molecular weight is 376 g/mol. The molecule has 0 radical (unpaired) electrons. The summed E-state index contributed by atoms with van der Waals surface area (Å²) in [5, 5.41) is 4.78. The Morgan fingerprint density at radius 3 is 2.57 bits per heavy atom. The largest absolute Gasteiger partial charge is 0.497 e. The summed E-state index contributed by atoms with van der Waals surface area (Å²) in [4.78, 5) is 14.7. The molecule has 28 heavy (non-hydrogen) atoms. The number of nitrogens with two attached hydrogens (primary N) is 1. The van der Waals surface area contributed by atoms with Crippen LogP contribution >= 0.6 is 0 Å². The first-order chi connectivity index (χ1) is 13.6. The van der Waals surface area contributed by atoms with Crippen molar-refractivity contribution in [3.8, 4) is 22.7 Å². The van der Waals surface area contributed by atoms with E-state index in [2.05, 4.69) is 0 Å². The number of hydrogen-bond donors (Lipinski definition) is 1. The number of carbonyl (C=O) groups excluding carboxylic acids is 1. The maximum absolute atomic E-state index is 12.8. The van der Waals surface area contributed by atoms with Crippen molar-refractivity contribution in [2.24, 2.45) is 5.73 Å². The molecule has 4 rings (SSSR count). The molecule has 2 N–H and O–H groups in total. The van der Waals surface area contributed by atoms with Crippen molar-refractivity contribution in [3.05, 3.63) is 66.4 Å². The van der Waals surface area contributed by atoms with Crippen LogP contribution in [0.25, 0.3) is 16.9 Å². The van der Waals surface area contributed by atoms with Crippen molar-refractivity contribution in [2.75, 3.05) is 20.2 Å². The highest BCUT2D eigenvalue weighted by Crippen LogP contribution is 2.27. The predicted octanol–water partition coefficient (Wildman–Crippen LogP) is 2.65. The Kier molecular flexibility index (Phi) is 5.12. The Hall–Kier alpha value is -3.12.